The molecule has 0 spiro atoms. The molecule has 5 heteroatoms. The second-order valence-corrected chi connectivity index (χ2v) is 5.21. The minimum absolute atomic E-state index is 0.0594. The lowest BCUT2D eigenvalue weighted by atomic mass is 10.1. The fourth-order valence-corrected chi connectivity index (χ4v) is 2.35. The number of hydrogen-bond acceptors (Lipinski definition) is 4. The van der Waals surface area contributed by atoms with Crippen LogP contribution in [0.4, 0.5) is 0 Å². The molecule has 0 saturated heterocycles. The number of nitrogens with two attached hydrogens (primary N) is 1. The van der Waals surface area contributed by atoms with Gasteiger partial charge in [0.1, 0.15) is 5.75 Å². The van der Waals surface area contributed by atoms with Crippen molar-refractivity contribution in [1.82, 2.24) is 4.90 Å². The largest absolute Gasteiger partial charge is 0.497 e. The normalized spacial score (nSPS) is 12.0. The highest BCUT2D eigenvalue weighted by Crippen LogP contribution is 2.19. The molecule has 1 amide bonds. The van der Waals surface area contributed by atoms with Crippen molar-refractivity contribution in [2.45, 2.75) is 6.04 Å². The lowest BCUT2D eigenvalue weighted by Gasteiger charge is -2.13. The summed E-state index contributed by atoms with van der Waals surface area (Å²) in [6, 6.07) is 7.64. The molecule has 0 fully saturated rings. The molecule has 0 bridgehead atoms. The zero-order valence-electron chi connectivity index (χ0n) is 11.1. The van der Waals surface area contributed by atoms with E-state index in [2.05, 4.69) is 0 Å². The average Bonchev–Trinajstić information content (AvgIpc) is 2.38. The minimum atomic E-state index is -0.0594. The van der Waals surface area contributed by atoms with Crippen LogP contribution in [0.25, 0.3) is 0 Å². The maximum Gasteiger partial charge on any atom is 0.232 e. The molecule has 1 aromatic carbocycles. The number of ether oxygens (including phenoxy) is 1. The number of carbonyl (C=O) groups is 1. The van der Waals surface area contributed by atoms with Crippen molar-refractivity contribution in [2.24, 2.45) is 5.73 Å². The summed E-state index contributed by atoms with van der Waals surface area (Å²) in [5.41, 5.74) is 7.12. The van der Waals surface area contributed by atoms with Gasteiger partial charge in [0.15, 0.2) is 0 Å². The monoisotopic (exact) mass is 268 g/mol. The Labute approximate surface area is 112 Å². The zero-order valence-corrected chi connectivity index (χ0v) is 11.9. The van der Waals surface area contributed by atoms with Crippen molar-refractivity contribution in [3.8, 4) is 5.75 Å². The first-order valence-corrected chi connectivity index (χ1v) is 6.87. The molecule has 1 atom stereocenters. The van der Waals surface area contributed by atoms with Crippen molar-refractivity contribution in [3.05, 3.63) is 29.8 Å². The molecule has 18 heavy (non-hydrogen) atoms. The smallest absolute Gasteiger partial charge is 0.232 e. The Bertz CT molecular complexity index is 379. The fourth-order valence-electron chi connectivity index (χ4n) is 1.35. The van der Waals surface area contributed by atoms with Gasteiger partial charge in [-0.3, -0.25) is 4.79 Å². The molecule has 0 saturated carbocycles. The molecule has 1 rings (SSSR count). The Morgan fingerprint density at radius 2 is 2.00 bits per heavy atom. The van der Waals surface area contributed by atoms with Crippen LogP contribution in [0.3, 0.4) is 0 Å². The van der Waals surface area contributed by atoms with Crippen LogP contribution in [0.5, 0.6) is 5.75 Å². The van der Waals surface area contributed by atoms with Gasteiger partial charge in [-0.15, -0.1) is 0 Å². The quantitative estimate of drug-likeness (QED) is 0.850. The summed E-state index contributed by atoms with van der Waals surface area (Å²) in [6.45, 7) is 0. The predicted octanol–water partition coefficient (Wildman–Crippen LogP) is 1.52. The molecule has 1 unspecified atom stereocenters. The third-order valence-electron chi connectivity index (χ3n) is 2.57. The highest BCUT2D eigenvalue weighted by molar-refractivity contribution is 7.99. The van der Waals surface area contributed by atoms with E-state index in [9.17, 15) is 4.79 Å². The van der Waals surface area contributed by atoms with Crippen molar-refractivity contribution in [2.75, 3.05) is 32.7 Å². The van der Waals surface area contributed by atoms with Crippen LogP contribution in [0.1, 0.15) is 11.6 Å². The lowest BCUT2D eigenvalue weighted by Crippen LogP contribution is -2.24. The van der Waals surface area contributed by atoms with Gasteiger partial charge in [0.2, 0.25) is 5.91 Å². The van der Waals surface area contributed by atoms with Gasteiger partial charge in [0, 0.05) is 25.9 Å². The molecule has 1 aromatic rings. The highest BCUT2D eigenvalue weighted by atomic mass is 32.2. The molecular weight excluding hydrogens is 248 g/mol. The van der Waals surface area contributed by atoms with Crippen LogP contribution in [0.15, 0.2) is 24.3 Å². The third kappa shape index (κ3) is 4.58. The second kappa shape index (κ2) is 7.28. The standard InChI is InChI=1S/C13H20N2O2S/c1-15(2)13(16)9-18-8-12(14)10-4-6-11(17-3)7-5-10/h4-7,12H,8-9,14H2,1-3H3. The van der Waals surface area contributed by atoms with Crippen LogP contribution < -0.4 is 10.5 Å². The van der Waals surface area contributed by atoms with E-state index in [-0.39, 0.29) is 11.9 Å². The van der Waals surface area contributed by atoms with Gasteiger partial charge in [-0.05, 0) is 17.7 Å². The van der Waals surface area contributed by atoms with Crippen LogP contribution >= 0.6 is 11.8 Å². The third-order valence-corrected chi connectivity index (χ3v) is 3.61. The minimum Gasteiger partial charge on any atom is -0.497 e. The summed E-state index contributed by atoms with van der Waals surface area (Å²) < 4.78 is 5.09. The zero-order chi connectivity index (χ0) is 13.5. The molecular formula is C13H20N2O2S. The number of thioether (sulfide) groups is 1. The number of rotatable bonds is 6. The first-order chi connectivity index (χ1) is 8.54. The van der Waals surface area contributed by atoms with E-state index in [1.807, 2.05) is 24.3 Å². The maximum atomic E-state index is 11.4. The number of hydrogen-bond donors (Lipinski definition) is 1. The van der Waals surface area contributed by atoms with Crippen LogP contribution in [0.2, 0.25) is 0 Å². The molecule has 0 aliphatic rings. The molecule has 0 radical (unpaired) electrons. The van der Waals surface area contributed by atoms with Crippen molar-refractivity contribution in [3.63, 3.8) is 0 Å². The van der Waals surface area contributed by atoms with E-state index in [0.717, 1.165) is 17.1 Å². The topological polar surface area (TPSA) is 55.6 Å². The second-order valence-electron chi connectivity index (χ2n) is 4.18. The van der Waals surface area contributed by atoms with E-state index >= 15 is 0 Å². The van der Waals surface area contributed by atoms with Crippen molar-refractivity contribution in [1.29, 1.82) is 0 Å². The van der Waals surface area contributed by atoms with Crippen LogP contribution in [0, 0.1) is 0 Å². The number of amides is 1. The Morgan fingerprint density at radius 3 is 2.50 bits per heavy atom. The predicted molar refractivity (Wildman–Crippen MR) is 75.9 cm³/mol. The Kier molecular flexibility index (Phi) is 6.01. The summed E-state index contributed by atoms with van der Waals surface area (Å²) in [7, 11) is 5.15. The summed E-state index contributed by atoms with van der Waals surface area (Å²) in [5.74, 6) is 2.13. The first kappa shape index (κ1) is 14.9. The summed E-state index contributed by atoms with van der Waals surface area (Å²) in [4.78, 5) is 13.0. The van der Waals surface area contributed by atoms with Crippen LogP contribution in [-0.2, 0) is 4.79 Å². The van der Waals surface area contributed by atoms with E-state index in [0.29, 0.717) is 5.75 Å². The molecule has 0 heterocycles. The number of benzene rings is 1. The van der Waals surface area contributed by atoms with Gasteiger partial charge in [0.25, 0.3) is 0 Å². The molecule has 100 valence electrons. The number of nitrogens with zero attached hydrogens (tertiary/aromatic N) is 1. The lowest BCUT2D eigenvalue weighted by molar-refractivity contribution is -0.125. The number of carbonyl (C=O) groups excluding carboxylic acids is 1. The van der Waals surface area contributed by atoms with E-state index < -0.39 is 0 Å². The van der Waals surface area contributed by atoms with Crippen molar-refractivity contribution < 1.29 is 9.53 Å². The highest BCUT2D eigenvalue weighted by Gasteiger charge is 2.09. The summed E-state index contributed by atoms with van der Waals surface area (Å²) in [5, 5.41) is 0. The number of methoxy groups -OCH3 is 1. The van der Waals surface area contributed by atoms with Gasteiger partial charge < -0.3 is 15.4 Å². The van der Waals surface area contributed by atoms with Crippen molar-refractivity contribution >= 4 is 17.7 Å². The molecule has 0 aromatic heterocycles. The summed E-state index contributed by atoms with van der Waals surface area (Å²) >= 11 is 1.56. The molecule has 2 N–H and O–H groups in total. The summed E-state index contributed by atoms with van der Waals surface area (Å²) in [6.07, 6.45) is 0. The van der Waals surface area contributed by atoms with E-state index in [1.165, 1.54) is 0 Å². The van der Waals surface area contributed by atoms with Gasteiger partial charge in [0.05, 0.1) is 12.9 Å². The molecule has 0 aliphatic carbocycles. The Balaban J connectivity index is 2.40. The van der Waals surface area contributed by atoms with Gasteiger partial charge in [-0.2, -0.15) is 11.8 Å². The van der Waals surface area contributed by atoms with Gasteiger partial charge >= 0.3 is 0 Å². The van der Waals surface area contributed by atoms with E-state index in [1.54, 1.807) is 37.9 Å². The van der Waals surface area contributed by atoms with Gasteiger partial charge in [-0.25, -0.2) is 0 Å². The van der Waals surface area contributed by atoms with E-state index in [4.69, 9.17) is 10.5 Å². The molecule has 0 aliphatic heterocycles. The fraction of sp³-hybridized carbons (Fsp3) is 0.462. The average molecular weight is 268 g/mol. The maximum absolute atomic E-state index is 11.4. The SMILES string of the molecule is COc1ccc(C(N)CSCC(=O)N(C)C)cc1. The van der Waals surface area contributed by atoms with Crippen LogP contribution in [-0.4, -0.2) is 43.5 Å². The first-order valence-electron chi connectivity index (χ1n) is 5.72. The Morgan fingerprint density at radius 1 is 1.39 bits per heavy atom. The van der Waals surface area contributed by atoms with Gasteiger partial charge in [-0.1, -0.05) is 12.1 Å². The molecule has 4 nitrogen and oxygen atoms in total. The Hall–Kier alpha value is -1.20.